The van der Waals surface area contributed by atoms with E-state index in [9.17, 15) is 4.79 Å². The number of rotatable bonds is 3. The summed E-state index contributed by atoms with van der Waals surface area (Å²) in [6.07, 6.45) is 5.56. The maximum Gasteiger partial charge on any atom is 0.230 e. The molecule has 0 saturated carbocycles. The number of hydrogen-bond acceptors (Lipinski definition) is 5. The fourth-order valence-electron chi connectivity index (χ4n) is 4.19. The quantitative estimate of drug-likeness (QED) is 0.706. The first-order valence-electron chi connectivity index (χ1n) is 9.04. The zero-order chi connectivity index (χ0) is 18.4. The lowest BCUT2D eigenvalue weighted by Gasteiger charge is -2.21. The SMILES string of the molecule is NSc1ccc2c(c1)N(C(=O)C1Cc3ccc(-c4cocn4)cc3C1)CC2. The average Bonchev–Trinajstić information content (AvgIpc) is 3.45. The molecule has 1 aliphatic heterocycles. The highest BCUT2D eigenvalue weighted by atomic mass is 32.2. The fourth-order valence-corrected chi connectivity index (χ4v) is 4.52. The maximum atomic E-state index is 13.3. The number of benzene rings is 2. The summed E-state index contributed by atoms with van der Waals surface area (Å²) in [7, 11) is 0. The van der Waals surface area contributed by atoms with Crippen molar-refractivity contribution in [2.24, 2.45) is 11.1 Å². The van der Waals surface area contributed by atoms with Crippen molar-refractivity contribution in [1.82, 2.24) is 4.98 Å². The molecule has 0 radical (unpaired) electrons. The largest absolute Gasteiger partial charge is 0.451 e. The number of aromatic nitrogens is 1. The number of nitrogens with zero attached hydrogens (tertiary/aromatic N) is 2. The van der Waals surface area contributed by atoms with E-state index in [-0.39, 0.29) is 11.8 Å². The first kappa shape index (κ1) is 16.6. The summed E-state index contributed by atoms with van der Waals surface area (Å²) in [5.74, 6) is 0.208. The molecule has 136 valence electrons. The topological polar surface area (TPSA) is 72.4 Å². The minimum absolute atomic E-state index is 0.00676. The van der Waals surface area contributed by atoms with Gasteiger partial charge in [0.2, 0.25) is 5.91 Å². The Bertz CT molecular complexity index is 1020. The molecule has 0 bridgehead atoms. The number of oxazole rings is 1. The van der Waals surface area contributed by atoms with Gasteiger partial charge in [-0.15, -0.1) is 0 Å². The molecular formula is C21H19N3O2S. The summed E-state index contributed by atoms with van der Waals surface area (Å²) >= 11 is 1.22. The van der Waals surface area contributed by atoms with Crippen LogP contribution in [0.2, 0.25) is 0 Å². The van der Waals surface area contributed by atoms with Gasteiger partial charge in [0.25, 0.3) is 0 Å². The molecule has 1 atom stereocenters. The van der Waals surface area contributed by atoms with Gasteiger partial charge in [0.05, 0.1) is 0 Å². The zero-order valence-corrected chi connectivity index (χ0v) is 15.5. The molecule has 0 spiro atoms. The lowest BCUT2D eigenvalue weighted by Crippen LogP contribution is -2.35. The number of anilines is 1. The van der Waals surface area contributed by atoms with Crippen LogP contribution in [0, 0.1) is 5.92 Å². The molecule has 1 amide bonds. The zero-order valence-electron chi connectivity index (χ0n) is 14.7. The van der Waals surface area contributed by atoms with E-state index < -0.39 is 0 Å². The standard InChI is InChI=1S/C21H19N3O2S/c22-27-18-4-3-13-5-6-24(20(13)10-18)21(25)17-7-14-1-2-15(8-16(14)9-17)19-11-26-12-23-19/h1-4,8,10-12,17H,5-7,9,22H2. The normalized spacial score (nSPS) is 17.8. The molecule has 27 heavy (non-hydrogen) atoms. The second kappa shape index (κ2) is 6.55. The molecule has 3 aromatic rings. The first-order chi connectivity index (χ1) is 13.2. The van der Waals surface area contributed by atoms with Crippen LogP contribution in [0.3, 0.4) is 0 Å². The predicted octanol–water partition coefficient (Wildman–Crippen LogP) is 3.61. The Morgan fingerprint density at radius 2 is 2.00 bits per heavy atom. The second-order valence-electron chi connectivity index (χ2n) is 7.11. The molecule has 1 unspecified atom stereocenters. The van der Waals surface area contributed by atoms with Gasteiger partial charge in [-0.05, 0) is 66.1 Å². The van der Waals surface area contributed by atoms with Crippen molar-refractivity contribution < 1.29 is 9.21 Å². The third-order valence-electron chi connectivity index (χ3n) is 5.57. The first-order valence-corrected chi connectivity index (χ1v) is 9.92. The van der Waals surface area contributed by atoms with Crippen molar-refractivity contribution in [3.8, 4) is 11.3 Å². The summed E-state index contributed by atoms with van der Waals surface area (Å²) in [4.78, 5) is 20.4. The van der Waals surface area contributed by atoms with Crippen LogP contribution in [0.1, 0.15) is 16.7 Å². The van der Waals surface area contributed by atoms with Crippen LogP contribution in [0.5, 0.6) is 0 Å². The van der Waals surface area contributed by atoms with Crippen molar-refractivity contribution in [2.75, 3.05) is 11.4 Å². The Kier molecular flexibility index (Phi) is 4.02. The molecule has 6 heteroatoms. The molecule has 1 aromatic heterocycles. The van der Waals surface area contributed by atoms with E-state index in [4.69, 9.17) is 9.56 Å². The van der Waals surface area contributed by atoms with E-state index >= 15 is 0 Å². The lowest BCUT2D eigenvalue weighted by molar-refractivity contribution is -0.122. The van der Waals surface area contributed by atoms with Crippen LogP contribution in [-0.2, 0) is 24.1 Å². The highest BCUT2D eigenvalue weighted by Gasteiger charge is 2.34. The van der Waals surface area contributed by atoms with Gasteiger partial charge in [0.1, 0.15) is 12.0 Å². The van der Waals surface area contributed by atoms with Crippen LogP contribution in [0.25, 0.3) is 11.3 Å². The van der Waals surface area contributed by atoms with E-state index in [0.29, 0.717) is 0 Å². The third-order valence-corrected chi connectivity index (χ3v) is 6.10. The van der Waals surface area contributed by atoms with Gasteiger partial charge in [0, 0.05) is 28.6 Å². The van der Waals surface area contributed by atoms with Crippen molar-refractivity contribution in [3.63, 3.8) is 0 Å². The van der Waals surface area contributed by atoms with Gasteiger partial charge in [-0.3, -0.25) is 9.93 Å². The molecule has 1 aliphatic carbocycles. The molecule has 2 N–H and O–H groups in total. The Labute approximate surface area is 161 Å². The Morgan fingerprint density at radius 1 is 1.15 bits per heavy atom. The monoisotopic (exact) mass is 377 g/mol. The van der Waals surface area contributed by atoms with E-state index in [2.05, 4.69) is 29.2 Å². The number of fused-ring (bicyclic) bond motifs is 2. The smallest absolute Gasteiger partial charge is 0.230 e. The number of amides is 1. The van der Waals surface area contributed by atoms with Crippen LogP contribution in [0.15, 0.2) is 58.4 Å². The minimum atomic E-state index is -0.00676. The average molecular weight is 377 g/mol. The summed E-state index contributed by atoms with van der Waals surface area (Å²) < 4.78 is 5.08. The van der Waals surface area contributed by atoms with Crippen molar-refractivity contribution in [2.45, 2.75) is 24.2 Å². The van der Waals surface area contributed by atoms with Gasteiger partial charge in [-0.1, -0.05) is 18.2 Å². The van der Waals surface area contributed by atoms with Gasteiger partial charge >= 0.3 is 0 Å². The van der Waals surface area contributed by atoms with Crippen LogP contribution in [0.4, 0.5) is 5.69 Å². The summed E-state index contributed by atoms with van der Waals surface area (Å²) in [6, 6.07) is 12.5. The van der Waals surface area contributed by atoms with Gasteiger partial charge in [-0.25, -0.2) is 4.98 Å². The fraction of sp³-hybridized carbons (Fsp3) is 0.238. The van der Waals surface area contributed by atoms with Crippen molar-refractivity contribution in [1.29, 1.82) is 0 Å². The molecule has 2 heterocycles. The summed E-state index contributed by atoms with van der Waals surface area (Å²) in [6.45, 7) is 0.754. The van der Waals surface area contributed by atoms with Crippen LogP contribution < -0.4 is 10.0 Å². The van der Waals surface area contributed by atoms with E-state index in [1.807, 2.05) is 17.0 Å². The van der Waals surface area contributed by atoms with Gasteiger partial charge < -0.3 is 9.32 Å². The minimum Gasteiger partial charge on any atom is -0.451 e. The van der Waals surface area contributed by atoms with E-state index in [0.717, 1.165) is 47.6 Å². The second-order valence-corrected chi connectivity index (χ2v) is 7.82. The highest BCUT2D eigenvalue weighted by molar-refractivity contribution is 7.97. The molecule has 2 aromatic carbocycles. The molecular weight excluding hydrogens is 358 g/mol. The number of carbonyl (C=O) groups is 1. The molecule has 5 nitrogen and oxygen atoms in total. The number of carbonyl (C=O) groups excluding carboxylic acids is 1. The Morgan fingerprint density at radius 3 is 2.81 bits per heavy atom. The molecule has 5 rings (SSSR count). The van der Waals surface area contributed by atoms with Gasteiger partial charge in [-0.2, -0.15) is 0 Å². The van der Waals surface area contributed by atoms with Crippen molar-refractivity contribution in [3.05, 3.63) is 65.7 Å². The lowest BCUT2D eigenvalue weighted by atomic mass is 10.0. The van der Waals surface area contributed by atoms with E-state index in [1.165, 1.54) is 35.0 Å². The number of hydrogen-bond donors (Lipinski definition) is 1. The van der Waals surface area contributed by atoms with E-state index in [1.54, 1.807) is 6.26 Å². The van der Waals surface area contributed by atoms with Crippen LogP contribution in [-0.4, -0.2) is 17.4 Å². The molecule has 2 aliphatic rings. The van der Waals surface area contributed by atoms with Crippen molar-refractivity contribution >= 4 is 23.5 Å². The molecule has 0 saturated heterocycles. The van der Waals surface area contributed by atoms with Crippen LogP contribution >= 0.6 is 11.9 Å². The third kappa shape index (κ3) is 2.85. The Balaban J connectivity index is 1.38. The molecule has 0 fully saturated rings. The maximum absolute atomic E-state index is 13.3. The Hall–Kier alpha value is -2.57. The predicted molar refractivity (Wildman–Crippen MR) is 105 cm³/mol. The van der Waals surface area contributed by atoms with Gasteiger partial charge in [0.15, 0.2) is 6.39 Å². The summed E-state index contributed by atoms with van der Waals surface area (Å²) in [5.41, 5.74) is 6.60. The summed E-state index contributed by atoms with van der Waals surface area (Å²) in [5, 5.41) is 5.70. The highest BCUT2D eigenvalue weighted by Crippen LogP contribution is 2.36. The number of nitrogens with two attached hydrogens (primary N) is 1.